The smallest absolute Gasteiger partial charge is 0.423 e. The van der Waals surface area contributed by atoms with Crippen LogP contribution < -0.4 is 0 Å². The van der Waals surface area contributed by atoms with E-state index >= 15 is 0 Å². The molecular formula is C12H23BO2. The van der Waals surface area contributed by atoms with Gasteiger partial charge in [0.15, 0.2) is 0 Å². The summed E-state index contributed by atoms with van der Waals surface area (Å²) in [6, 6.07) is 0. The Morgan fingerprint density at radius 2 is 1.47 bits per heavy atom. The van der Waals surface area contributed by atoms with E-state index in [1.807, 2.05) is 27.7 Å². The topological polar surface area (TPSA) is 40.5 Å². The van der Waals surface area contributed by atoms with Gasteiger partial charge in [-0.2, -0.15) is 0 Å². The third kappa shape index (κ3) is 15.7. The SMILES string of the molecule is C=C/C=C\C=C(/C=C)B(O)O.CC.CC. The minimum atomic E-state index is -1.46. The van der Waals surface area contributed by atoms with Crippen LogP contribution in [-0.2, 0) is 0 Å². The lowest BCUT2D eigenvalue weighted by Gasteiger charge is -1.95. The van der Waals surface area contributed by atoms with Gasteiger partial charge in [-0.3, -0.25) is 0 Å². The molecule has 2 N–H and O–H groups in total. The average Bonchev–Trinajstić information content (AvgIpc) is 2.29. The van der Waals surface area contributed by atoms with Gasteiger partial charge >= 0.3 is 7.12 Å². The molecule has 2 nitrogen and oxygen atoms in total. The Bertz CT molecular complexity index is 194. The van der Waals surface area contributed by atoms with E-state index in [1.54, 1.807) is 24.3 Å². The Hall–Kier alpha value is -1.06. The van der Waals surface area contributed by atoms with Crippen LogP contribution in [0, 0.1) is 0 Å². The molecule has 0 aromatic heterocycles. The highest BCUT2D eigenvalue weighted by molar-refractivity contribution is 6.51. The number of hydrogen-bond acceptors (Lipinski definition) is 2. The zero-order valence-corrected chi connectivity index (χ0v) is 10.3. The molecule has 86 valence electrons. The van der Waals surface area contributed by atoms with Crippen LogP contribution in [0.1, 0.15) is 27.7 Å². The van der Waals surface area contributed by atoms with E-state index in [2.05, 4.69) is 13.2 Å². The van der Waals surface area contributed by atoms with Crippen molar-refractivity contribution in [1.29, 1.82) is 0 Å². The Morgan fingerprint density at radius 3 is 1.73 bits per heavy atom. The average molecular weight is 210 g/mol. The lowest BCUT2D eigenvalue weighted by atomic mass is 9.79. The minimum absolute atomic E-state index is 0.364. The van der Waals surface area contributed by atoms with Crippen LogP contribution in [0.15, 0.2) is 49.0 Å². The summed E-state index contributed by atoms with van der Waals surface area (Å²) in [5, 5.41) is 17.3. The van der Waals surface area contributed by atoms with Gasteiger partial charge < -0.3 is 10.0 Å². The second-order valence-electron chi connectivity index (χ2n) is 1.87. The van der Waals surface area contributed by atoms with Crippen molar-refractivity contribution >= 4 is 7.12 Å². The van der Waals surface area contributed by atoms with Crippen molar-refractivity contribution in [2.45, 2.75) is 27.7 Å². The molecule has 0 unspecified atom stereocenters. The summed E-state index contributed by atoms with van der Waals surface area (Å²) in [5.74, 6) is 0. The number of allylic oxidation sites excluding steroid dienone is 6. The van der Waals surface area contributed by atoms with E-state index in [9.17, 15) is 0 Å². The number of rotatable bonds is 4. The third-order valence-corrected chi connectivity index (χ3v) is 1.07. The number of hydrogen-bond donors (Lipinski definition) is 2. The molecule has 0 aliphatic rings. The van der Waals surface area contributed by atoms with Crippen LogP contribution in [0.2, 0.25) is 0 Å². The molecule has 0 aliphatic carbocycles. The maximum Gasteiger partial charge on any atom is 0.488 e. The molecule has 0 aliphatic heterocycles. The van der Waals surface area contributed by atoms with Gasteiger partial charge in [0.2, 0.25) is 0 Å². The highest BCUT2D eigenvalue weighted by Crippen LogP contribution is 1.97. The van der Waals surface area contributed by atoms with Crippen molar-refractivity contribution in [3.05, 3.63) is 49.0 Å². The van der Waals surface area contributed by atoms with Gasteiger partial charge in [-0.25, -0.2) is 0 Å². The highest BCUT2D eigenvalue weighted by atomic mass is 16.4. The van der Waals surface area contributed by atoms with E-state index in [0.29, 0.717) is 5.47 Å². The predicted molar refractivity (Wildman–Crippen MR) is 70.5 cm³/mol. The summed E-state index contributed by atoms with van der Waals surface area (Å²) in [7, 11) is -1.46. The first kappa shape index (κ1) is 19.5. The third-order valence-electron chi connectivity index (χ3n) is 1.07. The summed E-state index contributed by atoms with van der Waals surface area (Å²) in [5.41, 5.74) is 0.364. The first-order chi connectivity index (χ1) is 7.22. The van der Waals surface area contributed by atoms with E-state index < -0.39 is 7.12 Å². The van der Waals surface area contributed by atoms with Crippen molar-refractivity contribution < 1.29 is 10.0 Å². The molecule has 0 aromatic carbocycles. The fraction of sp³-hybridized carbons (Fsp3) is 0.333. The van der Waals surface area contributed by atoms with Crippen LogP contribution in [0.3, 0.4) is 0 Å². The van der Waals surface area contributed by atoms with Gasteiger partial charge in [0, 0.05) is 0 Å². The van der Waals surface area contributed by atoms with Gasteiger partial charge in [-0.05, 0) is 5.47 Å². The lowest BCUT2D eigenvalue weighted by Crippen LogP contribution is -2.13. The van der Waals surface area contributed by atoms with Crippen molar-refractivity contribution in [2.75, 3.05) is 0 Å². The first-order valence-electron chi connectivity index (χ1n) is 5.20. The largest absolute Gasteiger partial charge is 0.488 e. The van der Waals surface area contributed by atoms with Gasteiger partial charge in [0.05, 0.1) is 0 Å². The normalized spacial score (nSPS) is 9.33. The summed E-state index contributed by atoms with van der Waals surface area (Å²) in [6.45, 7) is 14.9. The van der Waals surface area contributed by atoms with Crippen LogP contribution in [-0.4, -0.2) is 17.2 Å². The molecular weight excluding hydrogens is 187 g/mol. The van der Waals surface area contributed by atoms with Crippen molar-refractivity contribution in [2.24, 2.45) is 0 Å². The van der Waals surface area contributed by atoms with Gasteiger partial charge in [-0.1, -0.05) is 71.2 Å². The molecule has 0 saturated heterocycles. The summed E-state index contributed by atoms with van der Waals surface area (Å²) >= 11 is 0. The lowest BCUT2D eigenvalue weighted by molar-refractivity contribution is 0.420. The second-order valence-corrected chi connectivity index (χ2v) is 1.87. The molecule has 0 rings (SSSR count). The van der Waals surface area contributed by atoms with Gasteiger partial charge in [0.25, 0.3) is 0 Å². The van der Waals surface area contributed by atoms with Crippen LogP contribution >= 0.6 is 0 Å². The molecule has 0 aromatic rings. The molecule has 0 heterocycles. The van der Waals surface area contributed by atoms with E-state index in [0.717, 1.165) is 0 Å². The Balaban J connectivity index is -0.000000318. The molecule has 3 heteroatoms. The summed E-state index contributed by atoms with van der Waals surface area (Å²) < 4.78 is 0. The van der Waals surface area contributed by atoms with Crippen molar-refractivity contribution in [1.82, 2.24) is 0 Å². The van der Waals surface area contributed by atoms with E-state index in [4.69, 9.17) is 10.0 Å². The van der Waals surface area contributed by atoms with Crippen molar-refractivity contribution in [3.63, 3.8) is 0 Å². The standard InChI is InChI=1S/C8H11BO2.2C2H6/c1-3-5-6-7-8(4-2)9(10)11;2*1-2/h3-7,10-11H,1-2H2;2*1-2H3/b6-5-,8-7+;;. The second kappa shape index (κ2) is 18.7. The zero-order chi connectivity index (χ0) is 12.7. The van der Waals surface area contributed by atoms with E-state index in [-0.39, 0.29) is 0 Å². The molecule has 0 spiro atoms. The van der Waals surface area contributed by atoms with Crippen LogP contribution in [0.25, 0.3) is 0 Å². The van der Waals surface area contributed by atoms with E-state index in [1.165, 1.54) is 6.08 Å². The molecule has 0 bridgehead atoms. The first-order valence-corrected chi connectivity index (χ1v) is 5.20. The maximum atomic E-state index is 8.67. The summed E-state index contributed by atoms with van der Waals surface area (Å²) in [4.78, 5) is 0. The predicted octanol–water partition coefficient (Wildman–Crippen LogP) is 2.91. The minimum Gasteiger partial charge on any atom is -0.423 e. The molecule has 15 heavy (non-hydrogen) atoms. The van der Waals surface area contributed by atoms with Crippen LogP contribution in [0.5, 0.6) is 0 Å². The molecule has 0 saturated carbocycles. The Morgan fingerprint density at radius 1 is 1.00 bits per heavy atom. The fourth-order valence-electron chi connectivity index (χ4n) is 0.505. The fourth-order valence-corrected chi connectivity index (χ4v) is 0.505. The Kier molecular flexibility index (Phi) is 24.3. The Labute approximate surface area is 94.5 Å². The van der Waals surface area contributed by atoms with Gasteiger partial charge in [-0.15, -0.1) is 0 Å². The van der Waals surface area contributed by atoms with Gasteiger partial charge in [0.1, 0.15) is 0 Å². The molecule has 0 amide bonds. The van der Waals surface area contributed by atoms with Crippen LogP contribution in [0.4, 0.5) is 0 Å². The quantitative estimate of drug-likeness (QED) is 0.553. The molecule has 0 radical (unpaired) electrons. The maximum absolute atomic E-state index is 8.67. The molecule has 0 atom stereocenters. The zero-order valence-electron chi connectivity index (χ0n) is 10.3. The van der Waals surface area contributed by atoms with Crippen molar-refractivity contribution in [3.8, 4) is 0 Å². The highest BCUT2D eigenvalue weighted by Gasteiger charge is 2.08. The summed E-state index contributed by atoms with van der Waals surface area (Å²) in [6.07, 6.45) is 7.88. The molecule has 0 fully saturated rings. The monoisotopic (exact) mass is 210 g/mol.